The number of aliphatic carboxylic acids is 1. The summed E-state index contributed by atoms with van der Waals surface area (Å²) in [6.45, 7) is 1.84. The Morgan fingerprint density at radius 2 is 1.71 bits per heavy atom. The highest BCUT2D eigenvalue weighted by molar-refractivity contribution is 5.96. The van der Waals surface area contributed by atoms with E-state index in [-0.39, 0.29) is 5.91 Å². The average Bonchev–Trinajstić information content (AvgIpc) is 2.38. The summed E-state index contributed by atoms with van der Waals surface area (Å²) >= 11 is 0. The number of rotatable bonds is 5. The number of nitrogens with one attached hydrogen (secondary N) is 1. The van der Waals surface area contributed by atoms with Gasteiger partial charge >= 0.3 is 5.97 Å². The van der Waals surface area contributed by atoms with E-state index in [1.165, 1.54) is 7.11 Å². The van der Waals surface area contributed by atoms with E-state index in [1.807, 2.05) is 6.92 Å². The Morgan fingerprint density at radius 1 is 1.14 bits per heavy atom. The normalized spacial score (nSPS) is 20.3. The van der Waals surface area contributed by atoms with Crippen LogP contribution >= 0.6 is 0 Å². The van der Waals surface area contributed by atoms with Crippen molar-refractivity contribution in [2.75, 3.05) is 19.5 Å². The molecular formula is C15H19NO5. The van der Waals surface area contributed by atoms with E-state index in [9.17, 15) is 9.59 Å². The molecule has 0 saturated heterocycles. The van der Waals surface area contributed by atoms with Crippen LogP contribution in [-0.2, 0) is 9.59 Å². The fourth-order valence-corrected chi connectivity index (χ4v) is 2.45. The molecule has 1 aliphatic rings. The summed E-state index contributed by atoms with van der Waals surface area (Å²) in [5.74, 6) is -1.11. The molecule has 114 valence electrons. The third kappa shape index (κ3) is 2.94. The van der Waals surface area contributed by atoms with Crippen molar-refractivity contribution in [3.05, 3.63) is 17.7 Å². The Balaban J connectivity index is 2.16. The van der Waals surface area contributed by atoms with Gasteiger partial charge in [-0.1, -0.05) is 0 Å². The zero-order valence-corrected chi connectivity index (χ0v) is 12.3. The molecule has 2 rings (SSSR count). The fourth-order valence-electron chi connectivity index (χ4n) is 2.45. The topological polar surface area (TPSA) is 84.9 Å². The molecule has 2 N–H and O–H groups in total. The molecule has 21 heavy (non-hydrogen) atoms. The lowest BCUT2D eigenvalue weighted by atomic mass is 9.73. The van der Waals surface area contributed by atoms with Gasteiger partial charge in [-0.05, 0) is 31.4 Å². The van der Waals surface area contributed by atoms with Gasteiger partial charge in [-0.15, -0.1) is 0 Å². The number of carbonyl (C=O) groups excluding carboxylic acids is 1. The van der Waals surface area contributed by atoms with Gasteiger partial charge in [-0.2, -0.15) is 0 Å². The van der Waals surface area contributed by atoms with Crippen molar-refractivity contribution < 1.29 is 24.2 Å². The van der Waals surface area contributed by atoms with Crippen molar-refractivity contribution in [1.82, 2.24) is 0 Å². The Kier molecular flexibility index (Phi) is 4.35. The summed E-state index contributed by atoms with van der Waals surface area (Å²) in [5.41, 5.74) is 1.43. The number of methoxy groups -OCH3 is 2. The SMILES string of the molecule is COc1cc(C)c(NC(=O)C2CCC2C(=O)O)cc1OC. The molecule has 0 spiro atoms. The van der Waals surface area contributed by atoms with Crippen molar-refractivity contribution in [1.29, 1.82) is 0 Å². The second-order valence-corrected chi connectivity index (χ2v) is 5.14. The summed E-state index contributed by atoms with van der Waals surface area (Å²) < 4.78 is 10.4. The van der Waals surface area contributed by atoms with Crippen molar-refractivity contribution in [2.24, 2.45) is 11.8 Å². The molecule has 1 saturated carbocycles. The summed E-state index contributed by atoms with van der Waals surface area (Å²) in [5, 5.41) is 11.8. The van der Waals surface area contributed by atoms with Crippen LogP contribution in [0.25, 0.3) is 0 Å². The first kappa shape index (κ1) is 15.2. The van der Waals surface area contributed by atoms with Gasteiger partial charge in [0.15, 0.2) is 11.5 Å². The van der Waals surface area contributed by atoms with Crippen molar-refractivity contribution >= 4 is 17.6 Å². The molecule has 1 aromatic rings. The summed E-state index contributed by atoms with van der Waals surface area (Å²) in [7, 11) is 3.06. The minimum absolute atomic E-state index is 0.260. The second kappa shape index (κ2) is 6.03. The zero-order valence-electron chi connectivity index (χ0n) is 12.3. The third-order valence-electron chi connectivity index (χ3n) is 3.92. The quantitative estimate of drug-likeness (QED) is 0.868. The van der Waals surface area contributed by atoms with Crippen LogP contribution in [0, 0.1) is 18.8 Å². The molecule has 0 bridgehead atoms. The lowest BCUT2D eigenvalue weighted by molar-refractivity contribution is -0.151. The van der Waals surface area contributed by atoms with Crippen molar-refractivity contribution in [2.45, 2.75) is 19.8 Å². The van der Waals surface area contributed by atoms with Crippen LogP contribution in [0.15, 0.2) is 12.1 Å². The minimum atomic E-state index is -0.912. The Bertz CT molecular complexity index is 569. The first-order valence-electron chi connectivity index (χ1n) is 6.74. The molecule has 1 amide bonds. The van der Waals surface area contributed by atoms with E-state index < -0.39 is 17.8 Å². The molecule has 0 heterocycles. The summed E-state index contributed by atoms with van der Waals surface area (Å²) in [4.78, 5) is 23.2. The van der Waals surface area contributed by atoms with Crippen LogP contribution in [-0.4, -0.2) is 31.2 Å². The van der Waals surface area contributed by atoms with Gasteiger partial charge in [0, 0.05) is 11.8 Å². The minimum Gasteiger partial charge on any atom is -0.493 e. The van der Waals surface area contributed by atoms with Gasteiger partial charge in [0.2, 0.25) is 5.91 Å². The molecule has 0 aliphatic heterocycles. The number of ether oxygens (including phenoxy) is 2. The Labute approximate surface area is 123 Å². The number of carboxylic acid groups (broad SMARTS) is 1. The predicted molar refractivity (Wildman–Crippen MR) is 76.8 cm³/mol. The number of hydrogen-bond acceptors (Lipinski definition) is 4. The van der Waals surface area contributed by atoms with Gasteiger partial charge < -0.3 is 19.9 Å². The van der Waals surface area contributed by atoms with Gasteiger partial charge in [0.25, 0.3) is 0 Å². The van der Waals surface area contributed by atoms with Crippen molar-refractivity contribution in [3.63, 3.8) is 0 Å². The second-order valence-electron chi connectivity index (χ2n) is 5.14. The van der Waals surface area contributed by atoms with E-state index in [0.29, 0.717) is 30.0 Å². The van der Waals surface area contributed by atoms with Gasteiger partial charge in [-0.3, -0.25) is 9.59 Å². The molecule has 6 heteroatoms. The van der Waals surface area contributed by atoms with Crippen molar-refractivity contribution in [3.8, 4) is 11.5 Å². The predicted octanol–water partition coefficient (Wildman–Crippen LogP) is 2.06. The monoisotopic (exact) mass is 293 g/mol. The number of aryl methyl sites for hydroxylation is 1. The first-order chi connectivity index (χ1) is 9.97. The largest absolute Gasteiger partial charge is 0.493 e. The number of carbonyl (C=O) groups is 2. The van der Waals surface area contributed by atoms with Gasteiger partial charge in [0.1, 0.15) is 0 Å². The number of benzene rings is 1. The van der Waals surface area contributed by atoms with Crippen LogP contribution in [0.3, 0.4) is 0 Å². The van der Waals surface area contributed by atoms with Crippen LogP contribution in [0.5, 0.6) is 11.5 Å². The molecule has 1 aliphatic carbocycles. The van der Waals surface area contributed by atoms with E-state index in [1.54, 1.807) is 19.2 Å². The highest BCUT2D eigenvalue weighted by Crippen LogP contribution is 2.37. The van der Waals surface area contributed by atoms with Crippen LogP contribution < -0.4 is 14.8 Å². The molecule has 6 nitrogen and oxygen atoms in total. The van der Waals surface area contributed by atoms with E-state index in [0.717, 1.165) is 5.56 Å². The number of hydrogen-bond donors (Lipinski definition) is 2. The molecule has 1 aromatic carbocycles. The average molecular weight is 293 g/mol. The van der Waals surface area contributed by atoms with Crippen LogP contribution in [0.4, 0.5) is 5.69 Å². The maximum absolute atomic E-state index is 12.2. The summed E-state index contributed by atoms with van der Waals surface area (Å²) in [6, 6.07) is 3.45. The standard InChI is InChI=1S/C15H19NO5/c1-8-6-12(20-2)13(21-3)7-11(8)16-14(17)9-4-5-10(9)15(18)19/h6-7,9-10H,4-5H2,1-3H3,(H,16,17)(H,18,19). The number of anilines is 1. The lowest BCUT2D eigenvalue weighted by Crippen LogP contribution is -2.41. The molecule has 1 fully saturated rings. The third-order valence-corrected chi connectivity index (χ3v) is 3.92. The highest BCUT2D eigenvalue weighted by atomic mass is 16.5. The Morgan fingerprint density at radius 3 is 2.19 bits per heavy atom. The summed E-state index contributed by atoms with van der Waals surface area (Å²) in [6.07, 6.45) is 1.16. The van der Waals surface area contributed by atoms with Crippen LogP contribution in [0.1, 0.15) is 18.4 Å². The van der Waals surface area contributed by atoms with E-state index in [4.69, 9.17) is 14.6 Å². The van der Waals surface area contributed by atoms with E-state index >= 15 is 0 Å². The molecule has 0 aromatic heterocycles. The molecule has 0 radical (unpaired) electrons. The maximum atomic E-state index is 12.2. The highest BCUT2D eigenvalue weighted by Gasteiger charge is 2.41. The molecular weight excluding hydrogens is 274 g/mol. The smallest absolute Gasteiger partial charge is 0.307 e. The Hall–Kier alpha value is -2.24. The number of amides is 1. The molecule has 2 unspecified atom stereocenters. The van der Waals surface area contributed by atoms with Gasteiger partial charge in [0.05, 0.1) is 26.1 Å². The van der Waals surface area contributed by atoms with E-state index in [2.05, 4.69) is 5.32 Å². The maximum Gasteiger partial charge on any atom is 0.307 e. The van der Waals surface area contributed by atoms with Crippen LogP contribution in [0.2, 0.25) is 0 Å². The molecule has 2 atom stereocenters. The number of carboxylic acids is 1. The first-order valence-corrected chi connectivity index (χ1v) is 6.74. The lowest BCUT2D eigenvalue weighted by Gasteiger charge is -2.32. The fraction of sp³-hybridized carbons (Fsp3) is 0.467. The van der Waals surface area contributed by atoms with Gasteiger partial charge in [-0.25, -0.2) is 0 Å². The zero-order chi connectivity index (χ0) is 15.6.